The molecule has 0 atom stereocenters. The van der Waals surface area contributed by atoms with E-state index < -0.39 is 35.7 Å². The average molecular weight is 625 g/mol. The number of barbiturate groups is 2. The standard InChI is InChI=1S/C32H24N4O6S2/c1-33-27(37)21(28(38)34(2)31(33)41)13-17-5-9-19(10-6-17)23-15-25-26(43-23)16-24(44-25)20-11-7-18(8-12-20)14-22-29(39)35(3)32(42)36(4)30(22)40/h5-16H,1-4H3. The lowest BCUT2D eigenvalue weighted by Gasteiger charge is -2.28. The summed E-state index contributed by atoms with van der Waals surface area (Å²) in [6, 6.07) is 18.0. The van der Waals surface area contributed by atoms with E-state index in [0.717, 1.165) is 49.9 Å². The van der Waals surface area contributed by atoms with E-state index in [4.69, 9.17) is 0 Å². The van der Waals surface area contributed by atoms with Crippen LogP contribution in [0.5, 0.6) is 0 Å². The van der Waals surface area contributed by atoms with Gasteiger partial charge in [-0.05, 0) is 46.5 Å². The largest absolute Gasteiger partial charge is 0.333 e. The number of amides is 8. The fourth-order valence-electron chi connectivity index (χ4n) is 4.89. The Morgan fingerprint density at radius 2 is 0.773 bits per heavy atom. The summed E-state index contributed by atoms with van der Waals surface area (Å²) in [5.74, 6) is -2.52. The zero-order valence-electron chi connectivity index (χ0n) is 24.0. The summed E-state index contributed by atoms with van der Waals surface area (Å²) in [7, 11) is 5.38. The van der Waals surface area contributed by atoms with Crippen molar-refractivity contribution >= 4 is 79.9 Å². The van der Waals surface area contributed by atoms with Crippen LogP contribution in [0.3, 0.4) is 0 Å². The van der Waals surface area contributed by atoms with Gasteiger partial charge in [0.05, 0.1) is 0 Å². The SMILES string of the molecule is CN1C(=O)C(=Cc2ccc(-c3cc4sc(-c5ccc(C=C6C(=O)N(C)C(=O)N(C)C6=O)cc5)cc4s3)cc2)C(=O)N(C)C1=O. The van der Waals surface area contributed by atoms with Gasteiger partial charge in [-0.2, -0.15) is 0 Å². The molecule has 4 heterocycles. The van der Waals surface area contributed by atoms with Crippen molar-refractivity contribution in [1.29, 1.82) is 0 Å². The molecular weight excluding hydrogens is 601 g/mol. The van der Waals surface area contributed by atoms with Crippen LogP contribution >= 0.6 is 22.7 Å². The van der Waals surface area contributed by atoms with Gasteiger partial charge in [0, 0.05) is 47.3 Å². The molecule has 8 amide bonds. The number of thiophene rings is 2. The van der Waals surface area contributed by atoms with E-state index >= 15 is 0 Å². The summed E-state index contributed by atoms with van der Waals surface area (Å²) >= 11 is 3.30. The molecule has 220 valence electrons. The summed E-state index contributed by atoms with van der Waals surface area (Å²) < 4.78 is 2.25. The first kappa shape index (κ1) is 28.9. The first-order valence-electron chi connectivity index (χ1n) is 13.3. The highest BCUT2D eigenvalue weighted by Crippen LogP contribution is 2.42. The molecule has 0 unspecified atom stereocenters. The molecule has 2 aromatic carbocycles. The number of likely N-dealkylation sites (N-methyl/N-ethyl adjacent to an activating group) is 4. The van der Waals surface area contributed by atoms with Gasteiger partial charge in [-0.25, -0.2) is 9.59 Å². The molecule has 2 aromatic heterocycles. The fourth-order valence-corrected chi connectivity index (χ4v) is 7.30. The van der Waals surface area contributed by atoms with Crippen LogP contribution in [0, 0.1) is 0 Å². The molecule has 2 aliphatic heterocycles. The van der Waals surface area contributed by atoms with Crippen molar-refractivity contribution in [3.05, 3.63) is 82.9 Å². The van der Waals surface area contributed by atoms with Gasteiger partial charge in [0.15, 0.2) is 0 Å². The highest BCUT2D eigenvalue weighted by Gasteiger charge is 2.38. The first-order chi connectivity index (χ1) is 20.9. The quantitative estimate of drug-likeness (QED) is 0.229. The lowest BCUT2D eigenvalue weighted by Crippen LogP contribution is -2.52. The van der Waals surface area contributed by atoms with E-state index in [1.807, 2.05) is 48.5 Å². The van der Waals surface area contributed by atoms with Crippen molar-refractivity contribution in [3.63, 3.8) is 0 Å². The van der Waals surface area contributed by atoms with Crippen LogP contribution in [0.25, 0.3) is 42.4 Å². The second-order valence-electron chi connectivity index (χ2n) is 10.3. The van der Waals surface area contributed by atoms with Gasteiger partial charge in [-0.1, -0.05) is 48.5 Å². The molecule has 0 radical (unpaired) electrons. The molecule has 0 N–H and O–H groups in total. The Kier molecular flexibility index (Phi) is 7.10. The number of hydrogen-bond acceptors (Lipinski definition) is 8. The van der Waals surface area contributed by atoms with Gasteiger partial charge >= 0.3 is 12.1 Å². The molecule has 2 aliphatic rings. The maximum Gasteiger partial charge on any atom is 0.333 e. The summed E-state index contributed by atoms with van der Waals surface area (Å²) in [5.41, 5.74) is 3.20. The van der Waals surface area contributed by atoms with E-state index in [1.54, 1.807) is 22.7 Å². The van der Waals surface area contributed by atoms with Crippen molar-refractivity contribution in [2.45, 2.75) is 0 Å². The number of urea groups is 2. The first-order valence-corrected chi connectivity index (χ1v) is 15.0. The molecule has 44 heavy (non-hydrogen) atoms. The smallest absolute Gasteiger partial charge is 0.268 e. The van der Waals surface area contributed by atoms with Crippen molar-refractivity contribution < 1.29 is 28.8 Å². The molecule has 2 fully saturated rings. The number of hydrogen-bond donors (Lipinski definition) is 0. The lowest BCUT2D eigenvalue weighted by atomic mass is 10.0. The Morgan fingerprint density at radius 3 is 1.07 bits per heavy atom. The fraction of sp³-hybridized carbons (Fsp3) is 0.125. The van der Waals surface area contributed by atoms with Crippen LogP contribution in [-0.2, 0) is 19.2 Å². The number of carbonyl (C=O) groups excluding carboxylic acids is 6. The Bertz CT molecular complexity index is 1760. The number of carbonyl (C=O) groups is 6. The number of imide groups is 4. The van der Waals surface area contributed by atoms with Crippen molar-refractivity contribution in [2.75, 3.05) is 28.2 Å². The van der Waals surface area contributed by atoms with E-state index in [9.17, 15) is 28.8 Å². The Balaban J connectivity index is 1.19. The third-order valence-corrected chi connectivity index (χ3v) is 9.90. The van der Waals surface area contributed by atoms with E-state index in [2.05, 4.69) is 12.1 Å². The van der Waals surface area contributed by atoms with Gasteiger partial charge < -0.3 is 0 Å². The van der Waals surface area contributed by atoms with Gasteiger partial charge in [0.25, 0.3) is 23.6 Å². The zero-order valence-corrected chi connectivity index (χ0v) is 25.6. The summed E-state index contributed by atoms with van der Waals surface area (Å²) in [6.45, 7) is 0. The monoisotopic (exact) mass is 624 g/mol. The van der Waals surface area contributed by atoms with Crippen LogP contribution in [0.1, 0.15) is 11.1 Å². The highest BCUT2D eigenvalue weighted by atomic mass is 32.1. The second-order valence-corrected chi connectivity index (χ2v) is 12.5. The molecule has 2 saturated heterocycles. The van der Waals surface area contributed by atoms with Crippen molar-refractivity contribution in [1.82, 2.24) is 19.6 Å². The number of fused-ring (bicyclic) bond motifs is 1. The number of nitrogens with zero attached hydrogens (tertiary/aromatic N) is 4. The summed E-state index contributed by atoms with van der Waals surface area (Å²) in [4.78, 5) is 79.7. The normalized spacial score (nSPS) is 16.2. The average Bonchev–Trinajstić information content (AvgIpc) is 3.62. The number of benzene rings is 2. The van der Waals surface area contributed by atoms with Gasteiger partial charge in [0.2, 0.25) is 0 Å². The molecule has 0 bridgehead atoms. The molecule has 0 spiro atoms. The molecule has 0 aliphatic carbocycles. The minimum absolute atomic E-state index is 0.0659. The minimum Gasteiger partial charge on any atom is -0.268 e. The molecule has 0 saturated carbocycles. The predicted molar refractivity (Wildman–Crippen MR) is 168 cm³/mol. The van der Waals surface area contributed by atoms with E-state index in [0.29, 0.717) is 11.1 Å². The Hall–Kier alpha value is -5.20. The van der Waals surface area contributed by atoms with Crippen LogP contribution in [0.4, 0.5) is 9.59 Å². The van der Waals surface area contributed by atoms with Gasteiger partial charge in [0.1, 0.15) is 11.1 Å². The summed E-state index contributed by atoms with van der Waals surface area (Å²) in [6.07, 6.45) is 3.00. The lowest BCUT2D eigenvalue weighted by molar-refractivity contribution is -0.135. The van der Waals surface area contributed by atoms with Crippen LogP contribution < -0.4 is 0 Å². The van der Waals surface area contributed by atoms with Crippen molar-refractivity contribution in [2.24, 2.45) is 0 Å². The van der Waals surface area contributed by atoms with Crippen LogP contribution in [0.2, 0.25) is 0 Å². The Labute approximate surface area is 259 Å². The maximum absolute atomic E-state index is 12.5. The molecule has 6 rings (SSSR count). The molecular formula is C32H24N4O6S2. The second kappa shape index (κ2) is 10.8. The number of rotatable bonds is 4. The van der Waals surface area contributed by atoms with Gasteiger partial charge in [-0.15, -0.1) is 22.7 Å². The maximum atomic E-state index is 12.5. The molecule has 10 nitrogen and oxygen atoms in total. The Morgan fingerprint density at radius 1 is 0.477 bits per heavy atom. The zero-order chi connectivity index (χ0) is 31.4. The molecule has 12 heteroatoms. The van der Waals surface area contributed by atoms with E-state index in [-0.39, 0.29) is 11.1 Å². The highest BCUT2D eigenvalue weighted by molar-refractivity contribution is 7.31. The van der Waals surface area contributed by atoms with Crippen LogP contribution in [0.15, 0.2) is 71.8 Å². The van der Waals surface area contributed by atoms with E-state index in [1.165, 1.54) is 40.3 Å². The minimum atomic E-state index is -0.658. The summed E-state index contributed by atoms with van der Waals surface area (Å²) in [5, 5.41) is 0. The van der Waals surface area contributed by atoms with Gasteiger partial charge in [-0.3, -0.25) is 38.8 Å². The third-order valence-electron chi connectivity index (χ3n) is 7.51. The van der Waals surface area contributed by atoms with Crippen LogP contribution in [-0.4, -0.2) is 83.5 Å². The third kappa shape index (κ3) is 4.83. The van der Waals surface area contributed by atoms with Crippen molar-refractivity contribution in [3.8, 4) is 20.9 Å². The molecule has 4 aromatic rings. The predicted octanol–water partition coefficient (Wildman–Crippen LogP) is 5.16. The topological polar surface area (TPSA) is 115 Å².